The second kappa shape index (κ2) is 5.02. The number of nitrogens with one attached hydrogen (secondary N) is 1. The van der Waals surface area contributed by atoms with Crippen LogP contribution in [0.15, 0.2) is 11.4 Å². The molecule has 18 heavy (non-hydrogen) atoms. The summed E-state index contributed by atoms with van der Waals surface area (Å²) in [6.07, 6.45) is 1.68. The van der Waals surface area contributed by atoms with Crippen LogP contribution < -0.4 is 5.32 Å². The van der Waals surface area contributed by atoms with Crippen molar-refractivity contribution in [2.45, 2.75) is 45.1 Å². The van der Waals surface area contributed by atoms with E-state index >= 15 is 0 Å². The van der Waals surface area contributed by atoms with Crippen LogP contribution in [0.2, 0.25) is 0 Å². The van der Waals surface area contributed by atoms with Gasteiger partial charge in [0.25, 0.3) is 0 Å². The van der Waals surface area contributed by atoms with Crippen molar-refractivity contribution in [2.75, 3.05) is 6.61 Å². The number of hydrogen-bond acceptors (Lipinski definition) is 3. The number of aliphatic hydroxyl groups is 1. The van der Waals surface area contributed by atoms with E-state index < -0.39 is 5.54 Å². The first-order chi connectivity index (χ1) is 8.50. The lowest BCUT2D eigenvalue weighted by atomic mass is 10.00. The van der Waals surface area contributed by atoms with Crippen LogP contribution in [0.3, 0.4) is 0 Å². The number of thiophene rings is 1. The molecule has 1 aliphatic carbocycles. The van der Waals surface area contributed by atoms with E-state index in [0.717, 1.165) is 12.8 Å². The average Bonchev–Trinajstić information content (AvgIpc) is 3.05. The van der Waals surface area contributed by atoms with E-state index in [1.807, 2.05) is 13.8 Å². The Balaban J connectivity index is 1.96. The molecule has 2 rings (SSSR count). The first-order valence-electron chi connectivity index (χ1n) is 6.47. The molecule has 0 radical (unpaired) electrons. The molecule has 0 spiro atoms. The third-order valence-corrected chi connectivity index (χ3v) is 5.07. The summed E-state index contributed by atoms with van der Waals surface area (Å²) in [5.74, 6) is 0.579. The minimum absolute atomic E-state index is 0.00927. The van der Waals surface area contributed by atoms with Crippen molar-refractivity contribution in [1.29, 1.82) is 0 Å². The third kappa shape index (κ3) is 2.59. The smallest absolute Gasteiger partial charge is 0.224 e. The van der Waals surface area contributed by atoms with E-state index in [4.69, 9.17) is 0 Å². The zero-order chi connectivity index (χ0) is 13.3. The maximum Gasteiger partial charge on any atom is 0.224 e. The number of hydrogen-bond donors (Lipinski definition) is 2. The second-order valence-corrected chi connectivity index (χ2v) is 6.43. The van der Waals surface area contributed by atoms with Gasteiger partial charge in [0.05, 0.1) is 12.1 Å². The van der Waals surface area contributed by atoms with Crippen molar-refractivity contribution in [2.24, 2.45) is 5.92 Å². The highest BCUT2D eigenvalue weighted by molar-refractivity contribution is 7.10. The SMILES string of the molecule is CC[C@](C)(CO)NC(=O)[C@H]1C[C@@H]1c1sccc1C. The average molecular weight is 267 g/mol. The van der Waals surface area contributed by atoms with Crippen molar-refractivity contribution in [3.63, 3.8) is 0 Å². The zero-order valence-electron chi connectivity index (χ0n) is 11.2. The lowest BCUT2D eigenvalue weighted by Crippen LogP contribution is -2.49. The van der Waals surface area contributed by atoms with Gasteiger partial charge in [-0.05, 0) is 43.7 Å². The van der Waals surface area contributed by atoms with Gasteiger partial charge in [-0.2, -0.15) is 0 Å². The number of carbonyl (C=O) groups is 1. The van der Waals surface area contributed by atoms with E-state index in [1.54, 1.807) is 11.3 Å². The molecule has 1 amide bonds. The molecule has 3 atom stereocenters. The molecule has 1 fully saturated rings. The summed E-state index contributed by atoms with van der Waals surface area (Å²) >= 11 is 1.74. The van der Waals surface area contributed by atoms with E-state index in [-0.39, 0.29) is 18.4 Å². The predicted molar refractivity (Wildman–Crippen MR) is 73.8 cm³/mol. The summed E-state index contributed by atoms with van der Waals surface area (Å²) in [6.45, 7) is 5.95. The van der Waals surface area contributed by atoms with Gasteiger partial charge in [-0.1, -0.05) is 6.92 Å². The summed E-state index contributed by atoms with van der Waals surface area (Å²) in [6, 6.07) is 2.11. The normalized spacial score (nSPS) is 25.6. The summed E-state index contributed by atoms with van der Waals surface area (Å²) in [5, 5.41) is 14.4. The van der Waals surface area contributed by atoms with Gasteiger partial charge in [0.1, 0.15) is 0 Å². The molecular formula is C14H21NO2S. The molecular weight excluding hydrogens is 246 g/mol. The maximum atomic E-state index is 12.1. The Hall–Kier alpha value is -0.870. The van der Waals surface area contributed by atoms with Crippen LogP contribution in [0.1, 0.15) is 43.0 Å². The molecule has 0 unspecified atom stereocenters. The summed E-state index contributed by atoms with van der Waals surface area (Å²) < 4.78 is 0. The molecule has 4 heteroatoms. The van der Waals surface area contributed by atoms with E-state index in [2.05, 4.69) is 23.7 Å². The fraction of sp³-hybridized carbons (Fsp3) is 0.643. The minimum Gasteiger partial charge on any atom is -0.394 e. The summed E-state index contributed by atoms with van der Waals surface area (Å²) in [7, 11) is 0. The number of rotatable bonds is 5. The van der Waals surface area contributed by atoms with Crippen LogP contribution in [0, 0.1) is 12.8 Å². The molecule has 1 saturated carbocycles. The van der Waals surface area contributed by atoms with Crippen molar-refractivity contribution < 1.29 is 9.90 Å². The van der Waals surface area contributed by atoms with Gasteiger partial charge in [-0.15, -0.1) is 11.3 Å². The lowest BCUT2D eigenvalue weighted by molar-refractivity contribution is -0.124. The van der Waals surface area contributed by atoms with Crippen molar-refractivity contribution in [1.82, 2.24) is 5.32 Å². The van der Waals surface area contributed by atoms with E-state index in [1.165, 1.54) is 10.4 Å². The highest BCUT2D eigenvalue weighted by Gasteiger charge is 2.46. The van der Waals surface area contributed by atoms with Crippen LogP contribution in [0.4, 0.5) is 0 Å². The summed E-state index contributed by atoms with van der Waals surface area (Å²) in [5.41, 5.74) is 0.815. The van der Waals surface area contributed by atoms with E-state index in [9.17, 15) is 9.90 Å². The molecule has 0 aromatic carbocycles. The van der Waals surface area contributed by atoms with E-state index in [0.29, 0.717) is 5.92 Å². The Morgan fingerprint density at radius 3 is 2.89 bits per heavy atom. The third-order valence-electron chi connectivity index (χ3n) is 3.92. The van der Waals surface area contributed by atoms with Gasteiger partial charge in [0, 0.05) is 16.7 Å². The van der Waals surface area contributed by atoms with Crippen LogP contribution in [-0.2, 0) is 4.79 Å². The van der Waals surface area contributed by atoms with Crippen LogP contribution in [0.5, 0.6) is 0 Å². The molecule has 1 heterocycles. The Morgan fingerprint density at radius 2 is 2.39 bits per heavy atom. The highest BCUT2D eigenvalue weighted by Crippen LogP contribution is 2.50. The van der Waals surface area contributed by atoms with Crippen molar-refractivity contribution in [3.8, 4) is 0 Å². The fourth-order valence-corrected chi connectivity index (χ4v) is 3.28. The Labute approximate surface area is 112 Å². The lowest BCUT2D eigenvalue weighted by Gasteiger charge is -2.27. The quantitative estimate of drug-likeness (QED) is 0.861. The Bertz CT molecular complexity index is 437. The van der Waals surface area contributed by atoms with Gasteiger partial charge < -0.3 is 10.4 Å². The monoisotopic (exact) mass is 267 g/mol. The summed E-state index contributed by atoms with van der Waals surface area (Å²) in [4.78, 5) is 13.5. The standard InChI is InChI=1S/C14H21NO2S/c1-4-14(3,8-16)15-13(17)11-7-10(11)12-9(2)5-6-18-12/h5-6,10-11,16H,4,7-8H2,1-3H3,(H,15,17)/t10-,11-,14+/m0/s1. The molecule has 3 nitrogen and oxygen atoms in total. The van der Waals surface area contributed by atoms with Gasteiger partial charge in [0.15, 0.2) is 0 Å². The van der Waals surface area contributed by atoms with Gasteiger partial charge in [-0.25, -0.2) is 0 Å². The molecule has 2 N–H and O–H groups in total. The topological polar surface area (TPSA) is 49.3 Å². The Kier molecular flexibility index (Phi) is 3.78. The molecule has 0 bridgehead atoms. The van der Waals surface area contributed by atoms with Crippen LogP contribution in [0.25, 0.3) is 0 Å². The molecule has 1 aromatic heterocycles. The van der Waals surface area contributed by atoms with Gasteiger partial charge >= 0.3 is 0 Å². The van der Waals surface area contributed by atoms with Crippen molar-refractivity contribution >= 4 is 17.2 Å². The zero-order valence-corrected chi connectivity index (χ0v) is 12.0. The van der Waals surface area contributed by atoms with Crippen LogP contribution in [-0.4, -0.2) is 23.2 Å². The number of aryl methyl sites for hydroxylation is 1. The molecule has 1 aromatic rings. The first kappa shape index (κ1) is 13.6. The molecule has 0 saturated heterocycles. The molecule has 1 aliphatic rings. The van der Waals surface area contributed by atoms with Crippen molar-refractivity contribution in [3.05, 3.63) is 21.9 Å². The first-order valence-corrected chi connectivity index (χ1v) is 7.35. The maximum absolute atomic E-state index is 12.1. The fourth-order valence-electron chi connectivity index (χ4n) is 2.17. The van der Waals surface area contributed by atoms with Gasteiger partial charge in [0.2, 0.25) is 5.91 Å². The highest BCUT2D eigenvalue weighted by atomic mass is 32.1. The largest absolute Gasteiger partial charge is 0.394 e. The Morgan fingerprint density at radius 1 is 1.67 bits per heavy atom. The second-order valence-electron chi connectivity index (χ2n) is 5.48. The van der Waals surface area contributed by atoms with Gasteiger partial charge in [-0.3, -0.25) is 4.79 Å². The number of amides is 1. The van der Waals surface area contributed by atoms with Crippen LogP contribution >= 0.6 is 11.3 Å². The number of aliphatic hydroxyl groups excluding tert-OH is 1. The molecule has 100 valence electrons. The minimum atomic E-state index is -0.477. The number of carbonyl (C=O) groups excluding carboxylic acids is 1. The molecule has 0 aliphatic heterocycles. The predicted octanol–water partition coefficient (Wildman–Crippen LogP) is 2.44.